The zero-order valence-corrected chi connectivity index (χ0v) is 46.0. The average Bonchev–Trinajstić information content (AvgIpc) is 3.92. The maximum Gasteiger partial charge on any atom is 0.330 e. The summed E-state index contributed by atoms with van der Waals surface area (Å²) >= 11 is 1.40. The van der Waals surface area contributed by atoms with Gasteiger partial charge in [0.15, 0.2) is 11.5 Å². The van der Waals surface area contributed by atoms with E-state index < -0.39 is 11.9 Å². The highest BCUT2D eigenvalue weighted by molar-refractivity contribution is 7.22. The molecule has 424 valence electrons. The van der Waals surface area contributed by atoms with Crippen molar-refractivity contribution in [3.8, 4) is 47.0 Å². The summed E-state index contributed by atoms with van der Waals surface area (Å²) in [5, 5.41) is 6.41. The van der Waals surface area contributed by atoms with Crippen LogP contribution >= 0.6 is 11.3 Å². The Morgan fingerprint density at radius 1 is 0.600 bits per heavy atom. The summed E-state index contributed by atoms with van der Waals surface area (Å²) in [7, 11) is 0. The fraction of sp³-hybridized carbons (Fsp3) is 0.419. The van der Waals surface area contributed by atoms with Gasteiger partial charge in [-0.15, -0.1) is 0 Å². The number of para-hydroxylation sites is 1. The van der Waals surface area contributed by atoms with Gasteiger partial charge in [0.25, 0.3) is 0 Å². The number of nitrogens with zero attached hydrogens (tertiary/aromatic N) is 3. The van der Waals surface area contributed by atoms with E-state index in [1.807, 2.05) is 36.4 Å². The van der Waals surface area contributed by atoms with E-state index in [9.17, 15) is 19.2 Å². The van der Waals surface area contributed by atoms with Gasteiger partial charge in [0.05, 0.1) is 67.9 Å². The quantitative estimate of drug-likeness (QED) is 0.00443. The second kappa shape index (κ2) is 33.0. The van der Waals surface area contributed by atoms with Crippen molar-refractivity contribution in [2.45, 2.75) is 103 Å². The number of ether oxygens (including phenoxy) is 6. The first-order chi connectivity index (χ1) is 39.2. The van der Waals surface area contributed by atoms with Crippen molar-refractivity contribution in [3.63, 3.8) is 0 Å². The minimum absolute atomic E-state index is 0.147. The van der Waals surface area contributed by atoms with E-state index in [0.29, 0.717) is 98.2 Å². The van der Waals surface area contributed by atoms with Crippen LogP contribution in [0.1, 0.15) is 108 Å². The normalized spacial score (nSPS) is 16.9. The highest BCUT2D eigenvalue weighted by atomic mass is 32.1. The Kier molecular flexibility index (Phi) is 24.7. The molecule has 2 saturated carbocycles. The van der Waals surface area contributed by atoms with Gasteiger partial charge in [-0.05, 0) is 193 Å². The van der Waals surface area contributed by atoms with Gasteiger partial charge in [-0.25, -0.2) is 14.6 Å². The number of hydrogen-bond donors (Lipinski definition) is 0. The van der Waals surface area contributed by atoms with Gasteiger partial charge in [-0.2, -0.15) is 19.9 Å². The van der Waals surface area contributed by atoms with Gasteiger partial charge in [0.1, 0.15) is 23.0 Å². The van der Waals surface area contributed by atoms with Crippen LogP contribution in [0.5, 0.6) is 34.5 Å². The van der Waals surface area contributed by atoms with Crippen LogP contribution in [0.2, 0.25) is 0 Å². The summed E-state index contributed by atoms with van der Waals surface area (Å²) in [6, 6.07) is 29.6. The van der Waals surface area contributed by atoms with Crippen molar-refractivity contribution < 1.29 is 67.1 Å². The van der Waals surface area contributed by atoms with E-state index in [2.05, 4.69) is 29.3 Å². The van der Waals surface area contributed by atoms with Crippen LogP contribution in [-0.2, 0) is 38.4 Å². The van der Waals surface area contributed by atoms with Gasteiger partial charge in [-0.1, -0.05) is 43.1 Å². The minimum Gasteiger partial charge on any atom is -0.494 e. The molecular weight excluding hydrogens is 1040 g/mol. The van der Waals surface area contributed by atoms with Crippen molar-refractivity contribution in [1.82, 2.24) is 4.98 Å². The van der Waals surface area contributed by atoms with E-state index in [1.165, 1.54) is 28.6 Å². The molecule has 2 aliphatic carbocycles. The molecule has 7 rings (SSSR count). The number of thiazole rings is 1. The second-order valence-electron chi connectivity index (χ2n) is 19.6. The fourth-order valence-electron chi connectivity index (χ4n) is 9.05. The molecule has 0 atom stereocenters. The standard InChI is InChI=1S/C62H71N3O14S/c1-4-58(66)72-39-15-9-7-13-37-70-50-27-31-52(32-28-50)76-60(68)47-23-21-46(22-24-47)44-75-79-56-36-35-54(41-49(56)42-63-65(6-3)62-64-55-17-11-12-18-57(55)80-62)77-61(69)48-25-19-45(20-26-48)43-74-78-53-33-29-51(30-34-53)71-38-14-8-10-16-40-73-59(67)5-2/h3-5,11-12,17-18,27-36,41-42,45-48H,1-2,7-10,13-16,19-26,37-40,43-44H2/b63-42+. The van der Waals surface area contributed by atoms with Crippen LogP contribution in [0.3, 0.4) is 0 Å². The van der Waals surface area contributed by atoms with Gasteiger partial charge >= 0.3 is 23.9 Å². The summed E-state index contributed by atoms with van der Waals surface area (Å²) in [6.45, 7) is 9.38. The van der Waals surface area contributed by atoms with Crippen LogP contribution < -0.4 is 33.7 Å². The number of hydrogen-bond acceptors (Lipinski definition) is 18. The number of anilines is 1. The Bertz CT molecular complexity index is 2800. The molecule has 1 heterocycles. The van der Waals surface area contributed by atoms with Crippen molar-refractivity contribution in [1.29, 1.82) is 0 Å². The molecule has 5 aromatic rings. The number of esters is 4. The molecule has 0 spiro atoms. The lowest BCUT2D eigenvalue weighted by molar-refractivity contribution is -0.218. The number of hydrazone groups is 1. The van der Waals surface area contributed by atoms with Gasteiger partial charge in [-0.3, -0.25) is 9.59 Å². The molecule has 0 saturated heterocycles. The molecule has 17 nitrogen and oxygen atoms in total. The maximum atomic E-state index is 13.6. The molecule has 2 aliphatic rings. The van der Waals surface area contributed by atoms with Crippen LogP contribution in [0.25, 0.3) is 10.2 Å². The maximum absolute atomic E-state index is 13.6. The smallest absolute Gasteiger partial charge is 0.330 e. The molecule has 80 heavy (non-hydrogen) atoms. The summed E-state index contributed by atoms with van der Waals surface area (Å²) in [6.07, 6.45) is 22.5. The highest BCUT2D eigenvalue weighted by Gasteiger charge is 2.30. The predicted molar refractivity (Wildman–Crippen MR) is 303 cm³/mol. The molecule has 0 amide bonds. The molecule has 0 unspecified atom stereocenters. The molecule has 0 aliphatic heterocycles. The summed E-state index contributed by atoms with van der Waals surface area (Å²) < 4.78 is 34.3. The Labute approximate surface area is 472 Å². The fourth-order valence-corrected chi connectivity index (χ4v) is 9.94. The number of carbonyl (C=O) groups is 4. The third-order valence-electron chi connectivity index (χ3n) is 13.7. The van der Waals surface area contributed by atoms with E-state index in [0.717, 1.165) is 99.1 Å². The number of aromatic nitrogens is 1. The lowest BCUT2D eigenvalue weighted by atomic mass is 9.82. The number of fused-ring (bicyclic) bond motifs is 1. The van der Waals surface area contributed by atoms with Crippen molar-refractivity contribution in [2.75, 3.05) is 44.7 Å². The summed E-state index contributed by atoms with van der Waals surface area (Å²) in [4.78, 5) is 76.5. The number of unbranched alkanes of at least 4 members (excludes halogenated alkanes) is 6. The SMILES string of the molecule is C#CN(/N=C/c1cc(OC(=O)C2CCC(COOc3ccc(OCCCCCCOC(=O)C=C)cc3)CC2)ccc1OOCC1CCC(C(=O)Oc2ccc(OCCCCCCOC(=O)C=C)cc2)CC1)c1nc2ccccc2s1. The Morgan fingerprint density at radius 2 is 1.09 bits per heavy atom. The second-order valence-corrected chi connectivity index (χ2v) is 20.6. The van der Waals surface area contributed by atoms with Crippen molar-refractivity contribution in [3.05, 3.63) is 122 Å². The topological polar surface area (TPSA) is 189 Å². The third-order valence-corrected chi connectivity index (χ3v) is 14.7. The predicted octanol–water partition coefficient (Wildman–Crippen LogP) is 12.5. The molecule has 18 heteroatoms. The van der Waals surface area contributed by atoms with Crippen molar-refractivity contribution in [2.24, 2.45) is 28.8 Å². The molecule has 1 aromatic heterocycles. The molecule has 0 N–H and O–H groups in total. The first-order valence-electron chi connectivity index (χ1n) is 27.5. The lowest BCUT2D eigenvalue weighted by Gasteiger charge is -2.26. The van der Waals surface area contributed by atoms with Crippen LogP contribution in [0.4, 0.5) is 5.13 Å². The molecule has 4 aromatic carbocycles. The Balaban J connectivity index is 0.829. The summed E-state index contributed by atoms with van der Waals surface area (Å²) in [5.41, 5.74) is 1.25. The van der Waals surface area contributed by atoms with Crippen LogP contribution in [-0.4, -0.2) is 74.7 Å². The zero-order chi connectivity index (χ0) is 56.2. The number of terminal acetylenes is 1. The number of rotatable bonds is 33. The monoisotopic (exact) mass is 1110 g/mol. The summed E-state index contributed by atoms with van der Waals surface area (Å²) in [5.74, 6) is 1.56. The molecule has 0 radical (unpaired) electrons. The zero-order valence-electron chi connectivity index (χ0n) is 45.2. The molecular formula is C62H71N3O14S. The Morgan fingerprint density at radius 3 is 1.62 bits per heavy atom. The first-order valence-corrected chi connectivity index (χ1v) is 28.3. The number of benzene rings is 4. The Hall–Kier alpha value is -7.72. The minimum atomic E-state index is -0.404. The highest BCUT2D eigenvalue weighted by Crippen LogP contribution is 2.34. The van der Waals surface area contributed by atoms with E-state index >= 15 is 0 Å². The van der Waals surface area contributed by atoms with Crippen LogP contribution in [0.15, 0.2) is 121 Å². The molecule has 2 fully saturated rings. The van der Waals surface area contributed by atoms with Gasteiger partial charge in [0.2, 0.25) is 5.13 Å². The largest absolute Gasteiger partial charge is 0.494 e. The van der Waals surface area contributed by atoms with E-state index in [1.54, 1.807) is 54.6 Å². The van der Waals surface area contributed by atoms with Gasteiger partial charge < -0.3 is 38.2 Å². The lowest BCUT2D eigenvalue weighted by Crippen LogP contribution is -2.27. The number of carbonyl (C=O) groups excluding carboxylic acids is 4. The average molecular weight is 1110 g/mol. The van der Waals surface area contributed by atoms with Crippen LogP contribution in [0, 0.1) is 36.1 Å². The van der Waals surface area contributed by atoms with Crippen molar-refractivity contribution >= 4 is 56.8 Å². The van der Waals surface area contributed by atoms with Gasteiger partial charge in [0, 0.05) is 23.8 Å². The van der Waals surface area contributed by atoms with E-state index in [4.69, 9.17) is 54.4 Å². The molecule has 0 bridgehead atoms. The van der Waals surface area contributed by atoms with E-state index in [-0.39, 0.29) is 42.2 Å². The third kappa shape index (κ3) is 20.2. The first kappa shape index (κ1) is 59.9.